The van der Waals surface area contributed by atoms with Gasteiger partial charge in [-0.3, -0.25) is 14.3 Å². The van der Waals surface area contributed by atoms with Gasteiger partial charge in [-0.15, -0.1) is 0 Å². The van der Waals surface area contributed by atoms with E-state index in [-0.39, 0.29) is 10.8 Å². The standard InChI is InChI=1S/C24H23N3O5S/c28-23(25-22-9-5-4-8-21(22)24(29)27-14-16-32-17-15-27)18-10-12-19(13-11-18)26-33(30,31)20-6-2-1-3-7-20/h1-13,26H,14-17H2,(H,25,28). The first-order chi connectivity index (χ1) is 15.9. The summed E-state index contributed by atoms with van der Waals surface area (Å²) in [7, 11) is -3.72. The molecule has 0 aliphatic carbocycles. The summed E-state index contributed by atoms with van der Waals surface area (Å²) < 4.78 is 32.7. The van der Waals surface area contributed by atoms with Crippen LogP contribution in [-0.2, 0) is 14.8 Å². The predicted octanol–water partition coefficient (Wildman–Crippen LogP) is 3.21. The molecule has 0 spiro atoms. The average Bonchev–Trinajstić information content (AvgIpc) is 2.85. The normalized spacial score (nSPS) is 13.9. The Hall–Kier alpha value is -3.69. The molecule has 2 N–H and O–H groups in total. The second kappa shape index (κ2) is 9.85. The number of morpholine rings is 1. The van der Waals surface area contributed by atoms with Crippen LogP contribution < -0.4 is 10.0 Å². The molecule has 33 heavy (non-hydrogen) atoms. The Balaban J connectivity index is 1.46. The van der Waals surface area contributed by atoms with Crippen molar-refractivity contribution in [2.45, 2.75) is 4.90 Å². The van der Waals surface area contributed by atoms with Gasteiger partial charge in [0.05, 0.1) is 29.4 Å². The van der Waals surface area contributed by atoms with Crippen LogP contribution >= 0.6 is 0 Å². The number of carbonyl (C=O) groups is 2. The van der Waals surface area contributed by atoms with Crippen LogP contribution in [0.3, 0.4) is 0 Å². The van der Waals surface area contributed by atoms with Crippen LogP contribution in [0.4, 0.5) is 11.4 Å². The number of para-hydroxylation sites is 1. The molecule has 1 aliphatic heterocycles. The predicted molar refractivity (Wildman–Crippen MR) is 125 cm³/mol. The molecule has 1 aliphatic rings. The molecule has 8 nitrogen and oxygen atoms in total. The lowest BCUT2D eigenvalue weighted by Gasteiger charge is -2.27. The number of rotatable bonds is 6. The minimum Gasteiger partial charge on any atom is -0.378 e. The van der Waals surface area contributed by atoms with Crippen molar-refractivity contribution in [3.8, 4) is 0 Å². The van der Waals surface area contributed by atoms with Crippen LogP contribution in [0.5, 0.6) is 0 Å². The number of sulfonamides is 1. The molecule has 0 saturated carbocycles. The molecule has 0 radical (unpaired) electrons. The van der Waals surface area contributed by atoms with E-state index in [2.05, 4.69) is 10.0 Å². The summed E-state index contributed by atoms with van der Waals surface area (Å²) >= 11 is 0. The molecule has 2 amide bonds. The first-order valence-electron chi connectivity index (χ1n) is 10.4. The van der Waals surface area contributed by atoms with Crippen LogP contribution in [0.25, 0.3) is 0 Å². The zero-order chi connectivity index (χ0) is 23.3. The largest absolute Gasteiger partial charge is 0.378 e. The van der Waals surface area contributed by atoms with Gasteiger partial charge in [0.1, 0.15) is 0 Å². The number of nitrogens with one attached hydrogen (secondary N) is 2. The fraction of sp³-hybridized carbons (Fsp3) is 0.167. The Kier molecular flexibility index (Phi) is 6.71. The van der Waals surface area contributed by atoms with Gasteiger partial charge in [0, 0.05) is 24.3 Å². The molecule has 0 aromatic heterocycles. The maximum absolute atomic E-state index is 12.9. The van der Waals surface area contributed by atoms with Gasteiger partial charge >= 0.3 is 0 Å². The van der Waals surface area contributed by atoms with Gasteiger partial charge < -0.3 is 15.0 Å². The molecule has 1 saturated heterocycles. The maximum Gasteiger partial charge on any atom is 0.261 e. The third-order valence-electron chi connectivity index (χ3n) is 5.16. The highest BCUT2D eigenvalue weighted by molar-refractivity contribution is 7.92. The summed E-state index contributed by atoms with van der Waals surface area (Å²) in [5.74, 6) is -0.574. The molecule has 3 aromatic carbocycles. The van der Waals surface area contributed by atoms with Gasteiger partial charge in [0.15, 0.2) is 0 Å². The minimum absolute atomic E-state index is 0.147. The number of benzene rings is 3. The van der Waals surface area contributed by atoms with Crippen molar-refractivity contribution in [3.05, 3.63) is 90.0 Å². The quantitative estimate of drug-likeness (QED) is 0.582. The molecule has 4 rings (SSSR count). The molecule has 1 heterocycles. The van der Waals surface area contributed by atoms with Gasteiger partial charge in [0.2, 0.25) is 0 Å². The molecule has 0 bridgehead atoms. The number of hydrogen-bond acceptors (Lipinski definition) is 5. The summed E-state index contributed by atoms with van der Waals surface area (Å²) in [4.78, 5) is 27.5. The Morgan fingerprint density at radius 3 is 2.15 bits per heavy atom. The van der Waals surface area contributed by atoms with E-state index in [9.17, 15) is 18.0 Å². The van der Waals surface area contributed by atoms with Gasteiger partial charge in [-0.05, 0) is 48.5 Å². The molecule has 0 atom stereocenters. The summed E-state index contributed by atoms with van der Waals surface area (Å²) in [6.45, 7) is 1.98. The molecule has 9 heteroatoms. The summed E-state index contributed by atoms with van der Waals surface area (Å²) in [5.41, 5.74) is 1.47. The first kappa shape index (κ1) is 22.5. The average molecular weight is 466 g/mol. The number of carbonyl (C=O) groups excluding carboxylic acids is 2. The van der Waals surface area contributed by atoms with Crippen LogP contribution in [-0.4, -0.2) is 51.4 Å². The topological polar surface area (TPSA) is 105 Å². The first-order valence-corrected chi connectivity index (χ1v) is 11.9. The molecular weight excluding hydrogens is 442 g/mol. The summed E-state index contributed by atoms with van der Waals surface area (Å²) in [5, 5.41) is 2.78. The van der Waals surface area contributed by atoms with Crippen LogP contribution in [0.1, 0.15) is 20.7 Å². The van der Waals surface area contributed by atoms with Gasteiger partial charge in [0.25, 0.3) is 21.8 Å². The minimum atomic E-state index is -3.72. The second-order valence-corrected chi connectivity index (χ2v) is 9.08. The van der Waals surface area contributed by atoms with Crippen molar-refractivity contribution in [1.82, 2.24) is 4.90 Å². The van der Waals surface area contributed by atoms with E-state index in [4.69, 9.17) is 4.74 Å². The van der Waals surface area contributed by atoms with Crippen molar-refractivity contribution < 1.29 is 22.7 Å². The molecule has 0 unspecified atom stereocenters. The van der Waals surface area contributed by atoms with Crippen molar-refractivity contribution in [3.63, 3.8) is 0 Å². The van der Waals surface area contributed by atoms with Crippen molar-refractivity contribution in [1.29, 1.82) is 0 Å². The number of ether oxygens (including phenoxy) is 1. The van der Waals surface area contributed by atoms with Gasteiger partial charge in [-0.25, -0.2) is 8.42 Å². The van der Waals surface area contributed by atoms with E-state index in [1.807, 2.05) is 0 Å². The zero-order valence-corrected chi connectivity index (χ0v) is 18.5. The lowest BCUT2D eigenvalue weighted by atomic mass is 10.1. The highest BCUT2D eigenvalue weighted by Gasteiger charge is 2.22. The maximum atomic E-state index is 12.9. The van der Waals surface area contributed by atoms with Crippen LogP contribution in [0, 0.1) is 0 Å². The Labute approximate surface area is 192 Å². The van der Waals surface area contributed by atoms with E-state index in [1.165, 1.54) is 36.4 Å². The van der Waals surface area contributed by atoms with Crippen molar-refractivity contribution >= 4 is 33.2 Å². The van der Waals surface area contributed by atoms with Crippen LogP contribution in [0.2, 0.25) is 0 Å². The van der Waals surface area contributed by atoms with Crippen molar-refractivity contribution in [2.75, 3.05) is 36.3 Å². The molecule has 1 fully saturated rings. The van der Waals surface area contributed by atoms with Crippen LogP contribution in [0.15, 0.2) is 83.8 Å². The van der Waals surface area contributed by atoms with E-state index in [0.717, 1.165) is 0 Å². The third kappa shape index (κ3) is 5.39. The van der Waals surface area contributed by atoms with E-state index >= 15 is 0 Å². The fourth-order valence-corrected chi connectivity index (χ4v) is 4.49. The summed E-state index contributed by atoms with van der Waals surface area (Å²) in [6, 6.07) is 20.9. The Morgan fingerprint density at radius 2 is 1.45 bits per heavy atom. The lowest BCUT2D eigenvalue weighted by Crippen LogP contribution is -2.41. The second-order valence-electron chi connectivity index (χ2n) is 7.40. The van der Waals surface area contributed by atoms with Gasteiger partial charge in [-0.1, -0.05) is 30.3 Å². The molecule has 170 valence electrons. The monoisotopic (exact) mass is 465 g/mol. The van der Waals surface area contributed by atoms with E-state index in [1.54, 1.807) is 47.4 Å². The highest BCUT2D eigenvalue weighted by atomic mass is 32.2. The van der Waals surface area contributed by atoms with E-state index in [0.29, 0.717) is 48.8 Å². The molecule has 3 aromatic rings. The van der Waals surface area contributed by atoms with Crippen molar-refractivity contribution in [2.24, 2.45) is 0 Å². The number of hydrogen-bond donors (Lipinski definition) is 2. The number of amides is 2. The SMILES string of the molecule is O=C(Nc1ccccc1C(=O)N1CCOCC1)c1ccc(NS(=O)(=O)c2ccccc2)cc1. The van der Waals surface area contributed by atoms with E-state index < -0.39 is 15.9 Å². The third-order valence-corrected chi connectivity index (χ3v) is 6.55. The summed E-state index contributed by atoms with van der Waals surface area (Å²) in [6.07, 6.45) is 0. The number of anilines is 2. The Morgan fingerprint density at radius 1 is 0.818 bits per heavy atom. The fourth-order valence-electron chi connectivity index (χ4n) is 3.41. The number of nitrogens with zero attached hydrogens (tertiary/aromatic N) is 1. The Bertz CT molecular complexity index is 1240. The smallest absolute Gasteiger partial charge is 0.261 e. The lowest BCUT2D eigenvalue weighted by molar-refractivity contribution is 0.0303. The molecular formula is C24H23N3O5S. The zero-order valence-electron chi connectivity index (χ0n) is 17.7. The van der Waals surface area contributed by atoms with Gasteiger partial charge in [-0.2, -0.15) is 0 Å². The highest BCUT2D eigenvalue weighted by Crippen LogP contribution is 2.21.